The van der Waals surface area contributed by atoms with Crippen molar-refractivity contribution in [3.05, 3.63) is 11.9 Å². The minimum atomic E-state index is -0.938. The molecule has 1 amide bonds. The smallest absolute Gasteiger partial charge is 0.240 e. The van der Waals surface area contributed by atoms with Gasteiger partial charge in [0.2, 0.25) is 5.91 Å². The number of hydrogen-bond acceptors (Lipinski definition) is 5. The van der Waals surface area contributed by atoms with Gasteiger partial charge < -0.3 is 16.6 Å². The number of nitrogens with two attached hydrogens (primary N) is 2. The number of hydrogen-bond donors (Lipinski definition) is 3. The molecule has 1 aromatic rings. The van der Waals surface area contributed by atoms with Gasteiger partial charge in [0, 0.05) is 0 Å². The first-order valence-electron chi connectivity index (χ1n) is 3.71. The first kappa shape index (κ1) is 9.62. The zero-order chi connectivity index (χ0) is 9.84. The van der Waals surface area contributed by atoms with Crippen LogP contribution >= 0.6 is 0 Å². The molecule has 0 spiro atoms. The maximum absolute atomic E-state index is 10.6. The average molecular weight is 185 g/mol. The molecule has 0 aliphatic rings. The molecule has 0 saturated heterocycles. The summed E-state index contributed by atoms with van der Waals surface area (Å²) in [6.45, 7) is 0.271. The third-order valence-corrected chi connectivity index (χ3v) is 1.51. The van der Waals surface area contributed by atoms with Crippen molar-refractivity contribution in [2.45, 2.75) is 12.6 Å². The summed E-state index contributed by atoms with van der Waals surface area (Å²) in [5.74, 6) is -0.656. The van der Waals surface area contributed by atoms with Crippen LogP contribution in [0, 0.1) is 0 Å². The van der Waals surface area contributed by atoms with E-state index in [1.54, 1.807) is 0 Å². The molecule has 0 radical (unpaired) electrons. The number of rotatable bonds is 4. The van der Waals surface area contributed by atoms with Crippen LogP contribution in [0.3, 0.4) is 0 Å². The number of carbonyl (C=O) groups excluding carboxylic acids is 1. The van der Waals surface area contributed by atoms with Crippen molar-refractivity contribution < 1.29 is 9.90 Å². The summed E-state index contributed by atoms with van der Waals surface area (Å²) < 4.78 is 1.39. The van der Waals surface area contributed by atoms with Crippen molar-refractivity contribution in [1.29, 1.82) is 0 Å². The third kappa shape index (κ3) is 2.23. The summed E-state index contributed by atoms with van der Waals surface area (Å²) in [6, 6.07) is -0.938. The first-order valence-corrected chi connectivity index (χ1v) is 3.71. The Balaban J connectivity index is 2.73. The van der Waals surface area contributed by atoms with Gasteiger partial charge in [-0.25, -0.2) is 4.68 Å². The Morgan fingerprint density at radius 1 is 1.77 bits per heavy atom. The molecule has 72 valence electrons. The van der Waals surface area contributed by atoms with Gasteiger partial charge in [-0.15, -0.1) is 5.10 Å². The molecule has 0 aliphatic carbocycles. The number of amides is 1. The molecule has 5 N–H and O–H groups in total. The van der Waals surface area contributed by atoms with Crippen LogP contribution in [0.4, 0.5) is 0 Å². The number of primary amides is 1. The molecule has 7 nitrogen and oxygen atoms in total. The molecule has 13 heavy (non-hydrogen) atoms. The Morgan fingerprint density at radius 2 is 2.46 bits per heavy atom. The van der Waals surface area contributed by atoms with Crippen molar-refractivity contribution in [3.63, 3.8) is 0 Å². The molecule has 1 unspecified atom stereocenters. The van der Waals surface area contributed by atoms with E-state index in [4.69, 9.17) is 16.6 Å². The van der Waals surface area contributed by atoms with Gasteiger partial charge in [0.15, 0.2) is 0 Å². The van der Waals surface area contributed by atoms with Gasteiger partial charge in [-0.1, -0.05) is 5.21 Å². The Kier molecular flexibility index (Phi) is 2.93. The van der Waals surface area contributed by atoms with Crippen LogP contribution in [-0.2, 0) is 11.3 Å². The van der Waals surface area contributed by atoms with Crippen LogP contribution < -0.4 is 11.5 Å². The van der Waals surface area contributed by atoms with Crippen LogP contribution in [0.2, 0.25) is 0 Å². The highest BCUT2D eigenvalue weighted by Crippen LogP contribution is 2.03. The van der Waals surface area contributed by atoms with Crippen molar-refractivity contribution in [2.75, 3.05) is 6.61 Å². The summed E-state index contributed by atoms with van der Waals surface area (Å²) in [6.07, 6.45) is 1.48. The lowest BCUT2D eigenvalue weighted by atomic mass is 10.2. The second kappa shape index (κ2) is 3.97. The fourth-order valence-corrected chi connectivity index (χ4v) is 0.813. The van der Waals surface area contributed by atoms with Crippen molar-refractivity contribution in [2.24, 2.45) is 11.5 Å². The number of aliphatic hydroxyl groups is 1. The van der Waals surface area contributed by atoms with Crippen molar-refractivity contribution in [1.82, 2.24) is 15.0 Å². The maximum Gasteiger partial charge on any atom is 0.240 e. The van der Waals surface area contributed by atoms with Gasteiger partial charge in [0.1, 0.15) is 11.7 Å². The molecule has 7 heteroatoms. The maximum atomic E-state index is 10.6. The second-order valence-corrected chi connectivity index (χ2v) is 2.51. The van der Waals surface area contributed by atoms with E-state index in [9.17, 15) is 4.79 Å². The zero-order valence-corrected chi connectivity index (χ0v) is 6.92. The Bertz CT molecular complexity index is 297. The highest BCUT2D eigenvalue weighted by molar-refractivity contribution is 5.80. The van der Waals surface area contributed by atoms with Gasteiger partial charge in [-0.2, -0.15) is 0 Å². The predicted octanol–water partition coefficient (Wildman–Crippen LogP) is -2.24. The van der Waals surface area contributed by atoms with E-state index in [0.29, 0.717) is 12.2 Å². The third-order valence-electron chi connectivity index (χ3n) is 1.51. The van der Waals surface area contributed by atoms with Crippen LogP contribution in [0.25, 0.3) is 0 Å². The van der Waals surface area contributed by atoms with E-state index in [0.717, 1.165) is 0 Å². The Hall–Kier alpha value is -1.47. The summed E-state index contributed by atoms with van der Waals surface area (Å²) in [5, 5.41) is 15.8. The zero-order valence-electron chi connectivity index (χ0n) is 6.92. The molecule has 0 fully saturated rings. The van der Waals surface area contributed by atoms with Gasteiger partial charge >= 0.3 is 0 Å². The Morgan fingerprint density at radius 3 is 3.00 bits per heavy atom. The summed E-state index contributed by atoms with van der Waals surface area (Å²) in [7, 11) is 0. The minimum absolute atomic E-state index is 0.0470. The first-order chi connectivity index (χ1) is 6.15. The number of aromatic nitrogens is 3. The van der Waals surface area contributed by atoms with Crippen LogP contribution in [0.1, 0.15) is 11.7 Å². The molecule has 1 atom stereocenters. The standard InChI is InChI=1S/C6H11N5O2/c7-5(6(8)13)4-3-11(1-2-12)10-9-4/h3,5,12H,1-2,7H2,(H2,8,13). The molecular weight excluding hydrogens is 174 g/mol. The Labute approximate surface area is 74.3 Å². The molecule has 1 heterocycles. The van der Waals surface area contributed by atoms with Crippen LogP contribution in [0.15, 0.2) is 6.20 Å². The van der Waals surface area contributed by atoms with Gasteiger partial charge in [0.25, 0.3) is 0 Å². The highest BCUT2D eigenvalue weighted by atomic mass is 16.3. The summed E-state index contributed by atoms with van der Waals surface area (Å²) >= 11 is 0. The molecule has 1 rings (SSSR count). The SMILES string of the molecule is NC(=O)C(N)c1cn(CCO)nn1. The molecule has 0 aliphatic heterocycles. The fraction of sp³-hybridized carbons (Fsp3) is 0.500. The lowest BCUT2D eigenvalue weighted by Gasteiger charge is -2.00. The van der Waals surface area contributed by atoms with E-state index in [-0.39, 0.29) is 6.61 Å². The number of nitrogens with zero attached hydrogens (tertiary/aromatic N) is 3. The lowest BCUT2D eigenvalue weighted by Crippen LogP contribution is -2.28. The highest BCUT2D eigenvalue weighted by Gasteiger charge is 2.15. The largest absolute Gasteiger partial charge is 0.394 e. The van der Waals surface area contributed by atoms with Crippen LogP contribution in [0.5, 0.6) is 0 Å². The lowest BCUT2D eigenvalue weighted by molar-refractivity contribution is -0.119. The van der Waals surface area contributed by atoms with E-state index in [1.165, 1.54) is 10.9 Å². The monoisotopic (exact) mass is 185 g/mol. The van der Waals surface area contributed by atoms with Crippen LogP contribution in [-0.4, -0.2) is 32.6 Å². The minimum Gasteiger partial charge on any atom is -0.394 e. The normalized spacial score (nSPS) is 12.8. The molecule has 0 bridgehead atoms. The predicted molar refractivity (Wildman–Crippen MR) is 43.2 cm³/mol. The molecule has 1 aromatic heterocycles. The quantitative estimate of drug-likeness (QED) is 0.489. The van der Waals surface area contributed by atoms with E-state index in [2.05, 4.69) is 10.3 Å². The van der Waals surface area contributed by atoms with E-state index >= 15 is 0 Å². The molecular formula is C6H11N5O2. The molecule has 0 saturated carbocycles. The number of aliphatic hydroxyl groups excluding tert-OH is 1. The molecule has 0 aromatic carbocycles. The summed E-state index contributed by atoms with van der Waals surface area (Å²) in [4.78, 5) is 10.6. The average Bonchev–Trinajstić information content (AvgIpc) is 2.52. The van der Waals surface area contributed by atoms with Gasteiger partial charge in [0.05, 0.1) is 19.3 Å². The van der Waals surface area contributed by atoms with Gasteiger partial charge in [-0.3, -0.25) is 4.79 Å². The topological polar surface area (TPSA) is 120 Å². The van der Waals surface area contributed by atoms with E-state index < -0.39 is 11.9 Å². The number of carbonyl (C=O) groups is 1. The van der Waals surface area contributed by atoms with Gasteiger partial charge in [-0.05, 0) is 0 Å². The van der Waals surface area contributed by atoms with Crippen molar-refractivity contribution >= 4 is 5.91 Å². The fourth-order valence-electron chi connectivity index (χ4n) is 0.813. The summed E-state index contributed by atoms with van der Waals surface area (Å²) in [5.41, 5.74) is 10.7. The van der Waals surface area contributed by atoms with Crippen molar-refractivity contribution in [3.8, 4) is 0 Å². The second-order valence-electron chi connectivity index (χ2n) is 2.51. The van der Waals surface area contributed by atoms with E-state index in [1.807, 2.05) is 0 Å².